The number of hydrogen-bond donors (Lipinski definition) is 2. The molecule has 0 radical (unpaired) electrons. The van der Waals surface area contributed by atoms with Gasteiger partial charge >= 0.3 is 0 Å². The van der Waals surface area contributed by atoms with Gasteiger partial charge in [0.25, 0.3) is 0 Å². The number of nitrogens with two attached hydrogens (primary N) is 1. The van der Waals surface area contributed by atoms with E-state index < -0.39 is 0 Å². The Kier molecular flexibility index (Phi) is 5.36. The van der Waals surface area contributed by atoms with Gasteiger partial charge in [-0.05, 0) is 24.6 Å². The molecule has 0 aromatic heterocycles. The second-order valence-corrected chi connectivity index (χ2v) is 3.39. The van der Waals surface area contributed by atoms with Crippen LogP contribution in [-0.4, -0.2) is 25.6 Å². The van der Waals surface area contributed by atoms with E-state index in [1.54, 1.807) is 0 Å². The van der Waals surface area contributed by atoms with E-state index in [2.05, 4.69) is 5.32 Å². The van der Waals surface area contributed by atoms with Crippen molar-refractivity contribution in [2.24, 2.45) is 5.73 Å². The third-order valence-corrected chi connectivity index (χ3v) is 2.07. The van der Waals surface area contributed by atoms with E-state index in [1.165, 1.54) is 0 Å². The van der Waals surface area contributed by atoms with Crippen molar-refractivity contribution in [1.82, 2.24) is 5.32 Å². The van der Waals surface area contributed by atoms with Crippen LogP contribution in [-0.2, 0) is 11.2 Å². The van der Waals surface area contributed by atoms with Gasteiger partial charge in [0.1, 0.15) is 5.75 Å². The van der Waals surface area contributed by atoms with Crippen LogP contribution in [0, 0.1) is 0 Å². The molecule has 1 amide bonds. The normalized spacial score (nSPS) is 9.88. The summed E-state index contributed by atoms with van der Waals surface area (Å²) in [5.41, 5.74) is 6.26. The van der Waals surface area contributed by atoms with Crippen LogP contribution in [0.2, 0.25) is 0 Å². The smallest absolute Gasteiger partial charge is 0.224 e. The van der Waals surface area contributed by atoms with Crippen LogP contribution >= 0.6 is 0 Å². The maximum atomic E-state index is 11.4. The molecule has 3 N–H and O–H groups in total. The predicted octanol–water partition coefficient (Wildman–Crippen LogP) is 0.703. The highest BCUT2D eigenvalue weighted by Crippen LogP contribution is 2.12. The first-order chi connectivity index (χ1) is 7.76. The molecular formula is C12H18N2O2. The fraction of sp³-hybridized carbons (Fsp3) is 0.417. The van der Waals surface area contributed by atoms with Crippen LogP contribution < -0.4 is 15.8 Å². The quantitative estimate of drug-likeness (QED) is 0.744. The summed E-state index contributed by atoms with van der Waals surface area (Å²) in [6.07, 6.45) is 0.381. The molecule has 0 aliphatic rings. The van der Waals surface area contributed by atoms with Gasteiger partial charge in [-0.25, -0.2) is 0 Å². The molecule has 0 aliphatic heterocycles. The predicted molar refractivity (Wildman–Crippen MR) is 63.4 cm³/mol. The summed E-state index contributed by atoms with van der Waals surface area (Å²) < 4.78 is 5.31. The zero-order valence-electron chi connectivity index (χ0n) is 9.53. The first-order valence-electron chi connectivity index (χ1n) is 5.44. The fourth-order valence-electron chi connectivity index (χ4n) is 1.33. The number of ether oxygens (including phenoxy) is 1. The van der Waals surface area contributed by atoms with Crippen molar-refractivity contribution in [1.29, 1.82) is 0 Å². The summed E-state index contributed by atoms with van der Waals surface area (Å²) in [7, 11) is 0. The first-order valence-corrected chi connectivity index (χ1v) is 5.44. The maximum absolute atomic E-state index is 11.4. The van der Waals surface area contributed by atoms with Gasteiger partial charge in [0.2, 0.25) is 5.91 Å². The second-order valence-electron chi connectivity index (χ2n) is 3.39. The number of rotatable bonds is 6. The monoisotopic (exact) mass is 222 g/mol. The van der Waals surface area contributed by atoms with Crippen molar-refractivity contribution >= 4 is 5.91 Å². The molecule has 0 atom stereocenters. The number of carbonyl (C=O) groups is 1. The van der Waals surface area contributed by atoms with Crippen LogP contribution in [0.3, 0.4) is 0 Å². The van der Waals surface area contributed by atoms with Gasteiger partial charge < -0.3 is 15.8 Å². The van der Waals surface area contributed by atoms with E-state index in [9.17, 15) is 4.79 Å². The van der Waals surface area contributed by atoms with Gasteiger partial charge in [0.15, 0.2) is 0 Å². The van der Waals surface area contributed by atoms with Gasteiger partial charge in [-0.1, -0.05) is 12.1 Å². The van der Waals surface area contributed by atoms with Crippen LogP contribution in [0.25, 0.3) is 0 Å². The Bertz CT molecular complexity index is 322. The summed E-state index contributed by atoms with van der Waals surface area (Å²) in [5, 5.41) is 2.73. The minimum Gasteiger partial charge on any atom is -0.494 e. The van der Waals surface area contributed by atoms with Crippen molar-refractivity contribution in [3.63, 3.8) is 0 Å². The lowest BCUT2D eigenvalue weighted by Gasteiger charge is -2.05. The molecule has 0 bridgehead atoms. The molecule has 16 heavy (non-hydrogen) atoms. The number of benzene rings is 1. The largest absolute Gasteiger partial charge is 0.494 e. The van der Waals surface area contributed by atoms with Crippen molar-refractivity contribution in [2.45, 2.75) is 13.3 Å². The maximum Gasteiger partial charge on any atom is 0.224 e. The molecule has 88 valence electrons. The van der Waals surface area contributed by atoms with Crippen molar-refractivity contribution in [3.05, 3.63) is 29.8 Å². The fourth-order valence-corrected chi connectivity index (χ4v) is 1.33. The Morgan fingerprint density at radius 3 is 2.62 bits per heavy atom. The second kappa shape index (κ2) is 6.85. The molecule has 0 unspecified atom stereocenters. The third kappa shape index (κ3) is 4.31. The molecule has 0 fully saturated rings. The molecule has 0 saturated heterocycles. The first kappa shape index (κ1) is 12.5. The molecule has 0 aliphatic carbocycles. The number of carbonyl (C=O) groups excluding carboxylic acids is 1. The van der Waals surface area contributed by atoms with Crippen molar-refractivity contribution in [3.8, 4) is 5.75 Å². The van der Waals surface area contributed by atoms with E-state index in [1.807, 2.05) is 31.2 Å². The summed E-state index contributed by atoms with van der Waals surface area (Å²) in [4.78, 5) is 11.4. The highest BCUT2D eigenvalue weighted by molar-refractivity contribution is 5.78. The Morgan fingerprint density at radius 1 is 1.38 bits per heavy atom. The molecule has 0 heterocycles. The highest BCUT2D eigenvalue weighted by Gasteiger charge is 2.02. The van der Waals surface area contributed by atoms with Gasteiger partial charge in [0, 0.05) is 13.1 Å². The van der Waals surface area contributed by atoms with Crippen LogP contribution in [0.1, 0.15) is 12.5 Å². The Balaban J connectivity index is 2.45. The Morgan fingerprint density at radius 2 is 2.06 bits per heavy atom. The molecule has 4 nitrogen and oxygen atoms in total. The van der Waals surface area contributed by atoms with Crippen LogP contribution in [0.4, 0.5) is 0 Å². The Hall–Kier alpha value is -1.55. The average Bonchev–Trinajstić information content (AvgIpc) is 2.29. The van der Waals surface area contributed by atoms with Crippen molar-refractivity contribution < 1.29 is 9.53 Å². The lowest BCUT2D eigenvalue weighted by Crippen LogP contribution is -2.30. The minimum absolute atomic E-state index is 0.00499. The summed E-state index contributed by atoms with van der Waals surface area (Å²) in [5.74, 6) is 0.822. The standard InChI is InChI=1S/C12H18N2O2/c1-2-16-11-5-3-10(4-6-11)9-12(15)14-8-7-13/h3-6H,2,7-9,13H2,1H3,(H,14,15). The lowest BCUT2D eigenvalue weighted by atomic mass is 10.1. The van der Waals surface area contributed by atoms with Gasteiger partial charge in [-0.3, -0.25) is 4.79 Å². The average molecular weight is 222 g/mol. The highest BCUT2D eigenvalue weighted by atomic mass is 16.5. The molecule has 1 aromatic carbocycles. The van der Waals surface area contributed by atoms with E-state index >= 15 is 0 Å². The van der Waals surface area contributed by atoms with E-state index in [0.29, 0.717) is 26.1 Å². The van der Waals surface area contributed by atoms with Gasteiger partial charge in [-0.2, -0.15) is 0 Å². The zero-order chi connectivity index (χ0) is 11.8. The lowest BCUT2D eigenvalue weighted by molar-refractivity contribution is -0.120. The molecular weight excluding hydrogens is 204 g/mol. The third-order valence-electron chi connectivity index (χ3n) is 2.07. The topological polar surface area (TPSA) is 64.3 Å². The zero-order valence-corrected chi connectivity index (χ0v) is 9.53. The van der Waals surface area contributed by atoms with Gasteiger partial charge in [-0.15, -0.1) is 0 Å². The number of hydrogen-bond acceptors (Lipinski definition) is 3. The minimum atomic E-state index is -0.00499. The molecule has 1 rings (SSSR count). The summed E-state index contributed by atoms with van der Waals surface area (Å²) >= 11 is 0. The van der Waals surface area contributed by atoms with E-state index in [-0.39, 0.29) is 5.91 Å². The number of amides is 1. The summed E-state index contributed by atoms with van der Waals surface area (Å²) in [6.45, 7) is 3.58. The number of nitrogens with one attached hydrogen (secondary N) is 1. The Labute approximate surface area is 95.8 Å². The molecule has 0 saturated carbocycles. The van der Waals surface area contributed by atoms with E-state index in [0.717, 1.165) is 11.3 Å². The van der Waals surface area contributed by atoms with Gasteiger partial charge in [0.05, 0.1) is 13.0 Å². The van der Waals surface area contributed by atoms with Crippen molar-refractivity contribution in [2.75, 3.05) is 19.7 Å². The molecule has 4 heteroatoms. The molecule has 1 aromatic rings. The van der Waals surface area contributed by atoms with Crippen LogP contribution in [0.5, 0.6) is 5.75 Å². The van der Waals surface area contributed by atoms with E-state index in [4.69, 9.17) is 10.5 Å². The summed E-state index contributed by atoms with van der Waals surface area (Å²) in [6, 6.07) is 7.53. The molecule has 0 spiro atoms. The SMILES string of the molecule is CCOc1ccc(CC(=O)NCCN)cc1. The van der Waals surface area contributed by atoms with Crippen LogP contribution in [0.15, 0.2) is 24.3 Å².